The molecular weight excluding hydrogens is 452 g/mol. The molecule has 2 N–H and O–H groups in total. The highest BCUT2D eigenvalue weighted by Crippen LogP contribution is 2.51. The van der Waals surface area contributed by atoms with Crippen LogP contribution in [0.25, 0.3) is 0 Å². The molecule has 20 heavy (non-hydrogen) atoms. The van der Waals surface area contributed by atoms with Crippen LogP contribution in [-0.4, -0.2) is 36.2 Å². The molecule has 6 heteroatoms. The first-order valence-electron chi connectivity index (χ1n) is 6.90. The molecule has 0 bridgehead atoms. The van der Waals surface area contributed by atoms with Crippen molar-refractivity contribution < 1.29 is 5.11 Å². The molecule has 1 aromatic rings. The fourth-order valence-electron chi connectivity index (χ4n) is 2.95. The predicted octanol–water partition coefficient (Wildman–Crippen LogP) is 4.04. The minimum atomic E-state index is 0.295. The average molecular weight is 469 g/mol. The van der Waals surface area contributed by atoms with Gasteiger partial charge in [-0.1, -0.05) is 15.9 Å². The Morgan fingerprint density at radius 1 is 1.15 bits per heavy atom. The van der Waals surface area contributed by atoms with Crippen LogP contribution in [0.3, 0.4) is 0 Å². The quantitative estimate of drug-likeness (QED) is 0.703. The number of phenolic OH excluding ortho intramolecular Hbond substituents is 1. The monoisotopic (exact) mass is 466 g/mol. The Labute approximate surface area is 144 Å². The number of benzene rings is 1. The summed E-state index contributed by atoms with van der Waals surface area (Å²) in [6.07, 6.45) is 2.56. The van der Waals surface area contributed by atoms with Gasteiger partial charge in [0.2, 0.25) is 0 Å². The van der Waals surface area contributed by atoms with E-state index in [1.54, 1.807) is 0 Å². The van der Waals surface area contributed by atoms with E-state index in [9.17, 15) is 5.11 Å². The largest absolute Gasteiger partial charge is 0.506 e. The van der Waals surface area contributed by atoms with Gasteiger partial charge >= 0.3 is 0 Å². The molecule has 1 aliphatic carbocycles. The third kappa shape index (κ3) is 2.95. The average Bonchev–Trinajstić information content (AvgIpc) is 3.26. The Morgan fingerprint density at radius 2 is 1.80 bits per heavy atom. The Hall–Kier alpha value is 0.380. The van der Waals surface area contributed by atoms with Crippen molar-refractivity contribution in [2.45, 2.75) is 18.9 Å². The van der Waals surface area contributed by atoms with E-state index < -0.39 is 0 Å². The van der Waals surface area contributed by atoms with Crippen molar-refractivity contribution in [1.82, 2.24) is 10.2 Å². The normalized spacial score (nSPS) is 21.9. The van der Waals surface area contributed by atoms with Gasteiger partial charge in [-0.3, -0.25) is 4.90 Å². The topological polar surface area (TPSA) is 35.5 Å². The van der Waals surface area contributed by atoms with Crippen LogP contribution in [0.4, 0.5) is 0 Å². The second-order valence-electron chi connectivity index (χ2n) is 5.48. The van der Waals surface area contributed by atoms with Crippen LogP contribution in [0.1, 0.15) is 24.4 Å². The maximum Gasteiger partial charge on any atom is 0.144 e. The number of phenols is 1. The molecule has 0 radical (unpaired) electrons. The lowest BCUT2D eigenvalue weighted by molar-refractivity contribution is 0.155. The molecule has 0 spiro atoms. The molecular formula is C14H17Br3N2O. The SMILES string of the molecule is Oc1c(Br)cc(Br)c([C@@H](C2CC2)N2CCNCC2)c1Br. The lowest BCUT2D eigenvalue weighted by Crippen LogP contribution is -2.45. The van der Waals surface area contributed by atoms with Gasteiger partial charge in [-0.25, -0.2) is 0 Å². The summed E-state index contributed by atoms with van der Waals surface area (Å²) in [6, 6.07) is 2.34. The summed E-state index contributed by atoms with van der Waals surface area (Å²) < 4.78 is 2.59. The number of rotatable bonds is 3. The number of nitrogens with zero attached hydrogens (tertiary/aromatic N) is 1. The van der Waals surface area contributed by atoms with Crippen molar-refractivity contribution in [2.24, 2.45) is 5.92 Å². The smallest absolute Gasteiger partial charge is 0.144 e. The van der Waals surface area contributed by atoms with Gasteiger partial charge in [-0.05, 0) is 56.7 Å². The zero-order valence-corrected chi connectivity index (χ0v) is 15.8. The standard InChI is InChI=1S/C14H17Br3N2O/c15-9-7-10(16)14(20)12(17)11(9)13(8-1-2-8)19-5-3-18-4-6-19/h7-8,13,18,20H,1-6H2/t13-/m1/s1. The van der Waals surface area contributed by atoms with Crippen LogP contribution in [-0.2, 0) is 0 Å². The third-order valence-electron chi connectivity index (χ3n) is 4.09. The summed E-state index contributed by atoms with van der Waals surface area (Å²) in [7, 11) is 0. The van der Waals surface area contributed by atoms with Crippen molar-refractivity contribution in [3.8, 4) is 5.75 Å². The summed E-state index contributed by atoms with van der Waals surface area (Å²) in [5.74, 6) is 1.00. The van der Waals surface area contributed by atoms with Crippen molar-refractivity contribution in [3.05, 3.63) is 25.0 Å². The Bertz CT molecular complexity index is 514. The van der Waals surface area contributed by atoms with E-state index in [2.05, 4.69) is 58.0 Å². The second kappa shape index (κ2) is 6.24. The Morgan fingerprint density at radius 3 is 2.40 bits per heavy atom. The lowest BCUT2D eigenvalue weighted by Gasteiger charge is -2.36. The molecule has 2 fully saturated rings. The van der Waals surface area contributed by atoms with Gasteiger partial charge in [-0.15, -0.1) is 0 Å². The molecule has 2 aliphatic rings. The van der Waals surface area contributed by atoms with Crippen molar-refractivity contribution in [3.63, 3.8) is 0 Å². The van der Waals surface area contributed by atoms with Gasteiger partial charge in [0.25, 0.3) is 0 Å². The molecule has 1 saturated heterocycles. The van der Waals surface area contributed by atoms with Gasteiger partial charge in [0.05, 0.1) is 8.95 Å². The Balaban J connectivity index is 2.01. The van der Waals surface area contributed by atoms with Crippen LogP contribution < -0.4 is 5.32 Å². The highest BCUT2D eigenvalue weighted by molar-refractivity contribution is 9.11. The molecule has 110 valence electrons. The first-order chi connectivity index (χ1) is 9.59. The maximum atomic E-state index is 10.2. The van der Waals surface area contributed by atoms with Crippen molar-refractivity contribution in [1.29, 1.82) is 0 Å². The van der Waals surface area contributed by atoms with Crippen LogP contribution in [0.15, 0.2) is 19.5 Å². The molecule has 0 aromatic heterocycles. The summed E-state index contributed by atoms with van der Waals surface area (Å²) in [5, 5.41) is 13.6. The van der Waals surface area contributed by atoms with Gasteiger partial charge in [-0.2, -0.15) is 0 Å². The van der Waals surface area contributed by atoms with Gasteiger partial charge in [0.15, 0.2) is 0 Å². The van der Waals surface area contributed by atoms with Crippen LogP contribution in [0.5, 0.6) is 5.75 Å². The molecule has 1 aromatic carbocycles. The first kappa shape index (κ1) is 15.3. The lowest BCUT2D eigenvalue weighted by atomic mass is 9.99. The van der Waals surface area contributed by atoms with Gasteiger partial charge < -0.3 is 10.4 Å². The minimum absolute atomic E-state index is 0.295. The molecule has 1 saturated carbocycles. The predicted molar refractivity (Wildman–Crippen MR) is 91.1 cm³/mol. The molecule has 0 amide bonds. The first-order valence-corrected chi connectivity index (χ1v) is 9.28. The van der Waals surface area contributed by atoms with Gasteiger partial charge in [0.1, 0.15) is 5.75 Å². The summed E-state index contributed by atoms with van der Waals surface area (Å²) >= 11 is 10.7. The van der Waals surface area contributed by atoms with Crippen LogP contribution in [0.2, 0.25) is 0 Å². The number of nitrogens with one attached hydrogen (secondary N) is 1. The number of aromatic hydroxyl groups is 1. The molecule has 3 rings (SSSR count). The number of hydrogen-bond acceptors (Lipinski definition) is 3. The Kier molecular flexibility index (Phi) is 4.77. The minimum Gasteiger partial charge on any atom is -0.506 e. The molecule has 3 nitrogen and oxygen atoms in total. The summed E-state index contributed by atoms with van der Waals surface area (Å²) in [6.45, 7) is 4.22. The van der Waals surface area contributed by atoms with Gasteiger partial charge in [0, 0.05) is 42.3 Å². The van der Waals surface area contributed by atoms with E-state index in [4.69, 9.17) is 0 Å². The zero-order valence-electron chi connectivity index (χ0n) is 11.0. The van der Waals surface area contributed by atoms with E-state index in [1.807, 2.05) is 6.07 Å². The van der Waals surface area contributed by atoms with E-state index in [-0.39, 0.29) is 0 Å². The molecule has 1 atom stereocenters. The fourth-order valence-corrected chi connectivity index (χ4v) is 5.54. The zero-order chi connectivity index (χ0) is 14.3. The van der Waals surface area contributed by atoms with Crippen molar-refractivity contribution in [2.75, 3.05) is 26.2 Å². The maximum absolute atomic E-state index is 10.2. The number of halogens is 3. The summed E-state index contributed by atoms with van der Waals surface area (Å²) in [5.41, 5.74) is 1.19. The highest BCUT2D eigenvalue weighted by atomic mass is 79.9. The second-order valence-corrected chi connectivity index (χ2v) is 7.99. The van der Waals surface area contributed by atoms with Crippen molar-refractivity contribution >= 4 is 47.8 Å². The van der Waals surface area contributed by atoms with Crippen LogP contribution >= 0.6 is 47.8 Å². The summed E-state index contributed by atoms with van der Waals surface area (Å²) in [4.78, 5) is 2.55. The van der Waals surface area contributed by atoms with E-state index in [0.29, 0.717) is 17.7 Å². The molecule has 1 aliphatic heterocycles. The molecule has 0 unspecified atom stereocenters. The molecule has 1 heterocycles. The number of piperazine rings is 1. The van der Waals surface area contributed by atoms with Crippen LogP contribution in [0, 0.1) is 5.92 Å². The number of hydrogen-bond donors (Lipinski definition) is 2. The fraction of sp³-hybridized carbons (Fsp3) is 0.571. The van der Waals surface area contributed by atoms with E-state index in [0.717, 1.165) is 39.6 Å². The highest BCUT2D eigenvalue weighted by Gasteiger charge is 2.39. The van der Waals surface area contributed by atoms with E-state index >= 15 is 0 Å². The third-order valence-corrected chi connectivity index (χ3v) is 6.15. The van der Waals surface area contributed by atoms with E-state index in [1.165, 1.54) is 18.4 Å².